The van der Waals surface area contributed by atoms with Crippen molar-refractivity contribution in [2.24, 2.45) is 0 Å². The van der Waals surface area contributed by atoms with E-state index in [1.165, 1.54) is 0 Å². The molecule has 0 N–H and O–H groups in total. The third-order valence-electron chi connectivity index (χ3n) is 0. The molecule has 0 unspecified atom stereocenters. The van der Waals surface area contributed by atoms with Crippen LogP contribution in [0.25, 0.3) is 0 Å². The Labute approximate surface area is 80.0 Å². The molecule has 0 heterocycles. The minimum absolute atomic E-state index is 0. The molecule has 0 rings (SSSR count). The average molecular weight is 388 g/mol. The summed E-state index contributed by atoms with van der Waals surface area (Å²) in [7, 11) is 0. The largest absolute Gasteiger partial charge is 0 e. The molecule has 0 aromatic heterocycles. The first-order valence-corrected chi connectivity index (χ1v) is 0. The number of rotatable bonds is 0. The predicted molar refractivity (Wildman–Crippen MR) is 5.75 cm³/mol. The Hall–Kier alpha value is 2.60. The van der Waals surface area contributed by atoms with Gasteiger partial charge in [0, 0.05) is 81.2 Å². The Morgan fingerprint density at radius 2 is 1.00 bits per heavy atom. The third-order valence-corrected chi connectivity index (χ3v) is 0. The van der Waals surface area contributed by atoms with Gasteiger partial charge in [-0.1, -0.05) is 0 Å². The van der Waals surface area contributed by atoms with Crippen molar-refractivity contribution in [1.82, 2.24) is 0 Å². The molecular weight excluding hydrogens is 388 g/mol. The van der Waals surface area contributed by atoms with Gasteiger partial charge in [-0.15, -0.1) is 0 Å². The van der Waals surface area contributed by atoms with Crippen LogP contribution in [0.4, 0.5) is 0 Å². The van der Waals surface area contributed by atoms with Crippen molar-refractivity contribution in [2.75, 3.05) is 0 Å². The van der Waals surface area contributed by atoms with E-state index >= 15 is 0 Å². The molecular formula is CrCuPbZn. The molecule has 0 aromatic rings. The summed E-state index contributed by atoms with van der Waals surface area (Å²) in [5.41, 5.74) is 0. The molecule has 0 amide bonds. The maximum atomic E-state index is 0. The van der Waals surface area contributed by atoms with Gasteiger partial charge in [-0.2, -0.15) is 0 Å². The van der Waals surface area contributed by atoms with Crippen molar-refractivity contribution in [3.05, 3.63) is 0 Å². The van der Waals surface area contributed by atoms with E-state index in [1.807, 2.05) is 0 Å². The van der Waals surface area contributed by atoms with E-state index in [2.05, 4.69) is 0 Å². The van der Waals surface area contributed by atoms with Crippen molar-refractivity contribution in [3.8, 4) is 0 Å². The van der Waals surface area contributed by atoms with Gasteiger partial charge in [0.2, 0.25) is 0 Å². The Morgan fingerprint density at radius 3 is 1.00 bits per heavy atom. The SMILES string of the molecule is [Cr].[Cu].[Pb].[Zn]. The molecule has 0 saturated heterocycles. The van der Waals surface area contributed by atoms with E-state index in [1.54, 1.807) is 0 Å². The van der Waals surface area contributed by atoms with Gasteiger partial charge in [0.25, 0.3) is 0 Å². The number of hydrogen-bond donors (Lipinski definition) is 0. The predicted octanol–water partition coefficient (Wildman–Crippen LogP) is -0.388. The monoisotopic (exact) mass is 387 g/mol. The van der Waals surface area contributed by atoms with Crippen LogP contribution < -0.4 is 0 Å². The van der Waals surface area contributed by atoms with E-state index in [9.17, 15) is 0 Å². The fourth-order valence-corrected chi connectivity index (χ4v) is 0. The summed E-state index contributed by atoms with van der Waals surface area (Å²) in [5, 5.41) is 0. The van der Waals surface area contributed by atoms with Crippen LogP contribution in [-0.4, -0.2) is 27.3 Å². The zero-order valence-corrected chi connectivity index (χ0v) is 11.0. The zero-order valence-electron chi connectivity index (χ0n) is 1.92. The summed E-state index contributed by atoms with van der Waals surface area (Å²) in [5.74, 6) is 0. The molecule has 0 spiro atoms. The first-order valence-electron chi connectivity index (χ1n) is 0. The van der Waals surface area contributed by atoms with Crippen LogP contribution >= 0.6 is 0 Å². The number of hydrogen-bond acceptors (Lipinski definition) is 0. The van der Waals surface area contributed by atoms with Crippen LogP contribution in [0.3, 0.4) is 0 Å². The Morgan fingerprint density at radius 1 is 1.00 bits per heavy atom. The molecule has 0 aromatic carbocycles. The van der Waals surface area contributed by atoms with Gasteiger partial charge < -0.3 is 0 Å². The summed E-state index contributed by atoms with van der Waals surface area (Å²) in [6.07, 6.45) is 0. The van der Waals surface area contributed by atoms with Crippen LogP contribution in [0, 0.1) is 0 Å². The molecule has 5 radical (unpaired) electrons. The maximum Gasteiger partial charge on any atom is 0 e. The molecule has 0 aliphatic carbocycles. The third kappa shape index (κ3) is 8.82. The quantitative estimate of drug-likeness (QED) is 0.497. The molecule has 4 heteroatoms. The van der Waals surface area contributed by atoms with E-state index in [-0.39, 0.29) is 81.2 Å². The molecule has 0 saturated carbocycles. The molecule has 0 aliphatic rings. The topological polar surface area (TPSA) is 0 Å². The molecule has 0 atom stereocenters. The normalized spacial score (nSPS) is 0. The first-order chi connectivity index (χ1) is 0. The molecule has 0 bridgehead atoms. The Balaban J connectivity index is 0. The molecule has 0 aliphatic heterocycles. The fraction of sp³-hybridized carbons (Fsp3) is 0. The maximum absolute atomic E-state index is 0. The molecule has 4 heavy (non-hydrogen) atoms. The standard InChI is InChI=1S/Cr.Cu.Pb.Zn. The van der Waals surface area contributed by atoms with Gasteiger partial charge in [0.05, 0.1) is 0 Å². The molecule has 0 nitrogen and oxygen atoms in total. The molecule has 23 valence electrons. The van der Waals surface area contributed by atoms with Gasteiger partial charge in [-0.05, 0) is 0 Å². The zero-order chi connectivity index (χ0) is 0. The van der Waals surface area contributed by atoms with Crippen molar-refractivity contribution in [2.45, 2.75) is 0 Å². The van der Waals surface area contributed by atoms with Gasteiger partial charge in [-0.3, -0.25) is 0 Å². The van der Waals surface area contributed by atoms with Crippen LogP contribution in [0.2, 0.25) is 0 Å². The minimum Gasteiger partial charge on any atom is 0 e. The summed E-state index contributed by atoms with van der Waals surface area (Å²) in [6, 6.07) is 0. The van der Waals surface area contributed by atoms with Gasteiger partial charge in [-0.25, -0.2) is 0 Å². The van der Waals surface area contributed by atoms with Gasteiger partial charge >= 0.3 is 0 Å². The van der Waals surface area contributed by atoms with E-state index < -0.39 is 0 Å². The first kappa shape index (κ1) is 30.6. The average Bonchev–Trinajstić information content (AvgIpc) is 0. The summed E-state index contributed by atoms with van der Waals surface area (Å²) >= 11 is 0. The summed E-state index contributed by atoms with van der Waals surface area (Å²) in [4.78, 5) is 0. The van der Waals surface area contributed by atoms with E-state index in [0.717, 1.165) is 0 Å². The van der Waals surface area contributed by atoms with Crippen LogP contribution in [0.15, 0.2) is 0 Å². The Bertz CT molecular complexity index is 8.00. The molecule has 0 fully saturated rings. The summed E-state index contributed by atoms with van der Waals surface area (Å²) in [6.45, 7) is 0. The van der Waals surface area contributed by atoms with Crippen molar-refractivity contribution in [3.63, 3.8) is 0 Å². The second kappa shape index (κ2) is 17.5. The van der Waals surface area contributed by atoms with Crippen molar-refractivity contribution < 1.29 is 53.9 Å². The smallest absolute Gasteiger partial charge is 0 e. The second-order valence-corrected chi connectivity index (χ2v) is 0. The fourth-order valence-electron chi connectivity index (χ4n) is 0. The van der Waals surface area contributed by atoms with Crippen LogP contribution in [-0.2, 0) is 53.9 Å². The van der Waals surface area contributed by atoms with E-state index in [0.29, 0.717) is 0 Å². The second-order valence-electron chi connectivity index (χ2n) is 0. The van der Waals surface area contributed by atoms with Crippen LogP contribution in [0.5, 0.6) is 0 Å². The van der Waals surface area contributed by atoms with E-state index in [4.69, 9.17) is 0 Å². The van der Waals surface area contributed by atoms with Crippen molar-refractivity contribution >= 4 is 27.3 Å². The van der Waals surface area contributed by atoms with Crippen molar-refractivity contribution in [1.29, 1.82) is 0 Å². The summed E-state index contributed by atoms with van der Waals surface area (Å²) < 4.78 is 0. The minimum atomic E-state index is 0. The van der Waals surface area contributed by atoms with Crippen LogP contribution in [0.1, 0.15) is 0 Å². The van der Waals surface area contributed by atoms with Gasteiger partial charge in [0.1, 0.15) is 0 Å². The Kier molecular flexibility index (Phi) is 134. The van der Waals surface area contributed by atoms with Gasteiger partial charge in [0.15, 0.2) is 0 Å².